The van der Waals surface area contributed by atoms with Gasteiger partial charge in [-0.1, -0.05) is 12.1 Å². The van der Waals surface area contributed by atoms with Gasteiger partial charge >= 0.3 is 0 Å². The topological polar surface area (TPSA) is 52.0 Å². The number of nitrogen functional groups attached to an aromatic ring is 1. The van der Waals surface area contributed by atoms with Crippen LogP contribution in [0.3, 0.4) is 0 Å². The summed E-state index contributed by atoms with van der Waals surface area (Å²) in [6.45, 7) is 2.14. The Kier molecular flexibility index (Phi) is 1.60. The normalized spacial score (nSPS) is 43.7. The molecule has 2 bridgehead atoms. The predicted octanol–water partition coefficient (Wildman–Crippen LogP) is 2.58. The number of nitrogens with zero attached hydrogens (tertiary/aromatic N) is 1. The molecule has 4 unspecified atom stereocenters. The van der Waals surface area contributed by atoms with Crippen LogP contribution in [0.4, 0.5) is 5.82 Å². The standard InChI is InChI=1S/C13H18N2O/c1-2-8-12(16-15-13(8)14)11-9-6-3-4-7(5-6)10(9)11/h6-7,9-11H,2-5H2,1H3,(H2,14,15). The lowest BCUT2D eigenvalue weighted by Crippen LogP contribution is -1.99. The smallest absolute Gasteiger partial charge is 0.170 e. The summed E-state index contributed by atoms with van der Waals surface area (Å²) in [7, 11) is 0. The number of aromatic nitrogens is 1. The summed E-state index contributed by atoms with van der Waals surface area (Å²) in [6.07, 6.45) is 5.34. The van der Waals surface area contributed by atoms with E-state index in [1.54, 1.807) is 0 Å². The van der Waals surface area contributed by atoms with Crippen molar-refractivity contribution in [3.63, 3.8) is 0 Å². The van der Waals surface area contributed by atoms with Crippen molar-refractivity contribution in [2.45, 2.75) is 38.5 Å². The SMILES string of the molecule is CCc1c(N)noc1C1C2C3CCC(C3)C12. The monoisotopic (exact) mass is 218 g/mol. The van der Waals surface area contributed by atoms with Crippen molar-refractivity contribution in [2.24, 2.45) is 23.7 Å². The van der Waals surface area contributed by atoms with Crippen LogP contribution in [0.2, 0.25) is 0 Å². The minimum atomic E-state index is 0.620. The highest BCUT2D eigenvalue weighted by Crippen LogP contribution is 2.73. The van der Waals surface area contributed by atoms with Gasteiger partial charge in [-0.05, 0) is 49.4 Å². The van der Waals surface area contributed by atoms with Gasteiger partial charge in [0.1, 0.15) is 5.76 Å². The Hall–Kier alpha value is -0.990. The highest BCUT2D eigenvalue weighted by molar-refractivity contribution is 5.44. The molecule has 0 aromatic carbocycles. The van der Waals surface area contributed by atoms with E-state index < -0.39 is 0 Å². The molecule has 3 fully saturated rings. The van der Waals surface area contributed by atoms with Crippen LogP contribution in [0.15, 0.2) is 4.52 Å². The van der Waals surface area contributed by atoms with Gasteiger partial charge in [-0.15, -0.1) is 0 Å². The summed E-state index contributed by atoms with van der Waals surface area (Å²) < 4.78 is 5.50. The van der Waals surface area contributed by atoms with Gasteiger partial charge in [0, 0.05) is 11.5 Å². The molecule has 3 saturated carbocycles. The van der Waals surface area contributed by atoms with Gasteiger partial charge in [-0.25, -0.2) is 0 Å². The molecule has 0 amide bonds. The van der Waals surface area contributed by atoms with E-state index in [0.717, 1.165) is 35.9 Å². The third-order valence-electron chi connectivity index (χ3n) is 5.24. The molecule has 0 radical (unpaired) electrons. The average molecular weight is 218 g/mol. The second-order valence-electron chi connectivity index (χ2n) is 5.78. The molecule has 4 rings (SSSR count). The van der Waals surface area contributed by atoms with Crippen LogP contribution in [0.5, 0.6) is 0 Å². The van der Waals surface area contributed by atoms with Crippen molar-refractivity contribution in [1.29, 1.82) is 0 Å². The molecule has 4 atom stereocenters. The molecule has 0 saturated heterocycles. The molecular formula is C13H18N2O. The lowest BCUT2D eigenvalue weighted by atomic mass is 9.98. The first-order chi connectivity index (χ1) is 7.81. The average Bonchev–Trinajstić information content (AvgIpc) is 2.67. The molecule has 0 aliphatic heterocycles. The molecule has 3 aliphatic carbocycles. The van der Waals surface area contributed by atoms with E-state index in [-0.39, 0.29) is 0 Å². The predicted molar refractivity (Wildman–Crippen MR) is 60.8 cm³/mol. The number of hydrogen-bond donors (Lipinski definition) is 1. The minimum Gasteiger partial charge on any atom is -0.381 e. The molecule has 86 valence electrons. The third-order valence-corrected chi connectivity index (χ3v) is 5.24. The Labute approximate surface area is 95.4 Å². The Morgan fingerprint density at radius 3 is 2.62 bits per heavy atom. The van der Waals surface area contributed by atoms with E-state index in [9.17, 15) is 0 Å². The van der Waals surface area contributed by atoms with Crippen LogP contribution in [0.1, 0.15) is 43.4 Å². The van der Waals surface area contributed by atoms with Crippen molar-refractivity contribution in [3.8, 4) is 0 Å². The van der Waals surface area contributed by atoms with Gasteiger partial charge < -0.3 is 10.3 Å². The molecule has 2 N–H and O–H groups in total. The Morgan fingerprint density at radius 1 is 1.31 bits per heavy atom. The summed E-state index contributed by atoms with van der Waals surface area (Å²) >= 11 is 0. The largest absolute Gasteiger partial charge is 0.381 e. The Bertz CT molecular complexity index is 423. The summed E-state index contributed by atoms with van der Waals surface area (Å²) in [6, 6.07) is 0. The van der Waals surface area contributed by atoms with Gasteiger partial charge in [-0.3, -0.25) is 0 Å². The van der Waals surface area contributed by atoms with Gasteiger partial charge in [-0.2, -0.15) is 0 Å². The van der Waals surface area contributed by atoms with E-state index in [4.69, 9.17) is 10.3 Å². The van der Waals surface area contributed by atoms with Crippen molar-refractivity contribution in [1.82, 2.24) is 5.16 Å². The number of anilines is 1. The van der Waals surface area contributed by atoms with Crippen molar-refractivity contribution >= 4 is 5.82 Å². The molecule has 1 aromatic rings. The van der Waals surface area contributed by atoms with Crippen LogP contribution in [-0.4, -0.2) is 5.16 Å². The number of rotatable bonds is 2. The maximum Gasteiger partial charge on any atom is 0.170 e. The quantitative estimate of drug-likeness (QED) is 0.830. The van der Waals surface area contributed by atoms with Gasteiger partial charge in [0.25, 0.3) is 0 Å². The lowest BCUT2D eigenvalue weighted by Gasteiger charge is -2.06. The van der Waals surface area contributed by atoms with Crippen LogP contribution in [0, 0.1) is 23.7 Å². The third kappa shape index (κ3) is 0.926. The Morgan fingerprint density at radius 2 is 2.00 bits per heavy atom. The molecule has 16 heavy (non-hydrogen) atoms. The maximum atomic E-state index is 5.85. The van der Waals surface area contributed by atoms with E-state index >= 15 is 0 Å². The molecular weight excluding hydrogens is 200 g/mol. The van der Waals surface area contributed by atoms with Crippen molar-refractivity contribution < 1.29 is 4.52 Å². The number of nitrogens with two attached hydrogens (primary N) is 1. The van der Waals surface area contributed by atoms with E-state index in [1.165, 1.54) is 24.8 Å². The molecule has 3 nitrogen and oxygen atoms in total. The molecule has 3 heteroatoms. The minimum absolute atomic E-state index is 0.620. The fourth-order valence-corrected chi connectivity index (χ4v) is 4.63. The molecule has 3 aliphatic rings. The fraction of sp³-hybridized carbons (Fsp3) is 0.769. The Balaban J connectivity index is 1.69. The number of fused-ring (bicyclic) bond motifs is 5. The first-order valence-corrected chi connectivity index (χ1v) is 6.55. The van der Waals surface area contributed by atoms with Crippen LogP contribution < -0.4 is 5.73 Å². The number of hydrogen-bond acceptors (Lipinski definition) is 3. The maximum absolute atomic E-state index is 5.85. The van der Waals surface area contributed by atoms with Crippen LogP contribution in [0.25, 0.3) is 0 Å². The van der Waals surface area contributed by atoms with Crippen molar-refractivity contribution in [3.05, 3.63) is 11.3 Å². The first kappa shape index (κ1) is 9.08. The van der Waals surface area contributed by atoms with Crippen molar-refractivity contribution in [2.75, 3.05) is 5.73 Å². The summed E-state index contributed by atoms with van der Waals surface area (Å²) in [4.78, 5) is 0. The zero-order valence-electron chi connectivity index (χ0n) is 9.65. The molecule has 0 spiro atoms. The molecule has 1 heterocycles. The van der Waals surface area contributed by atoms with Crippen LogP contribution >= 0.6 is 0 Å². The van der Waals surface area contributed by atoms with Gasteiger partial charge in [0.15, 0.2) is 5.82 Å². The summed E-state index contributed by atoms with van der Waals surface area (Å²) in [5.74, 6) is 6.22. The highest BCUT2D eigenvalue weighted by Gasteiger charge is 2.66. The van der Waals surface area contributed by atoms with E-state index in [2.05, 4.69) is 12.1 Å². The molecule has 1 aromatic heterocycles. The lowest BCUT2D eigenvalue weighted by molar-refractivity contribution is 0.362. The second-order valence-corrected chi connectivity index (χ2v) is 5.78. The zero-order valence-corrected chi connectivity index (χ0v) is 9.65. The van der Waals surface area contributed by atoms with Crippen LogP contribution in [-0.2, 0) is 6.42 Å². The zero-order chi connectivity index (χ0) is 10.9. The first-order valence-electron chi connectivity index (χ1n) is 6.55. The van der Waals surface area contributed by atoms with Gasteiger partial charge in [0.05, 0.1) is 0 Å². The van der Waals surface area contributed by atoms with E-state index in [0.29, 0.717) is 11.7 Å². The van der Waals surface area contributed by atoms with Gasteiger partial charge in [0.2, 0.25) is 0 Å². The van der Waals surface area contributed by atoms with E-state index in [1.807, 2.05) is 0 Å². The highest BCUT2D eigenvalue weighted by atomic mass is 16.5. The second kappa shape index (κ2) is 2.82. The fourth-order valence-electron chi connectivity index (χ4n) is 4.63. The summed E-state index contributed by atoms with van der Waals surface area (Å²) in [5.41, 5.74) is 7.03. The summed E-state index contributed by atoms with van der Waals surface area (Å²) in [5, 5.41) is 3.95.